The highest BCUT2D eigenvalue weighted by molar-refractivity contribution is 5.29. The fourth-order valence-electron chi connectivity index (χ4n) is 1.14. The van der Waals surface area contributed by atoms with Gasteiger partial charge in [-0.3, -0.25) is 0 Å². The molecule has 0 spiro atoms. The molecule has 0 unspecified atom stereocenters. The fourth-order valence-corrected chi connectivity index (χ4v) is 1.14. The quantitative estimate of drug-likeness (QED) is 0.621. The molecule has 3 rings (SSSR count). The summed E-state index contributed by atoms with van der Waals surface area (Å²) in [4.78, 5) is 0. The van der Waals surface area contributed by atoms with Crippen molar-refractivity contribution >= 4 is 0 Å². The van der Waals surface area contributed by atoms with Gasteiger partial charge in [0.1, 0.15) is 6.26 Å². The Morgan fingerprint density at radius 2 is 1.88 bits per heavy atom. The van der Waals surface area contributed by atoms with Crippen molar-refractivity contribution in [3.8, 4) is 5.69 Å². The minimum atomic E-state index is 1.09. The average molecular weight is 214 g/mol. The zero-order chi connectivity index (χ0) is 11.1. The van der Waals surface area contributed by atoms with E-state index in [0.717, 1.165) is 5.69 Å². The minimum Gasteiger partial charge on any atom is -0.346 e. The van der Waals surface area contributed by atoms with Gasteiger partial charge in [-0.2, -0.15) is 5.10 Å². The van der Waals surface area contributed by atoms with E-state index < -0.39 is 0 Å². The Bertz CT molecular complexity index is 459. The molecule has 2 aromatic heterocycles. The van der Waals surface area contributed by atoms with Gasteiger partial charge in [-0.1, -0.05) is 18.2 Å². The van der Waals surface area contributed by atoms with Crippen LogP contribution in [0.15, 0.2) is 65.8 Å². The summed E-state index contributed by atoms with van der Waals surface area (Å²) in [7, 11) is 0. The Hall–Kier alpha value is -2.43. The lowest BCUT2D eigenvalue weighted by molar-refractivity contribution is 0.393. The highest BCUT2D eigenvalue weighted by Gasteiger charge is 1.90. The molecule has 80 valence electrons. The van der Waals surface area contributed by atoms with Crippen molar-refractivity contribution in [2.75, 3.05) is 0 Å². The summed E-state index contributed by atoms with van der Waals surface area (Å²) in [5.41, 5.74) is 1.09. The summed E-state index contributed by atoms with van der Waals surface area (Å²) >= 11 is 0. The molecule has 1 aromatic carbocycles. The van der Waals surface area contributed by atoms with Crippen molar-refractivity contribution in [1.82, 2.24) is 20.2 Å². The van der Waals surface area contributed by atoms with Gasteiger partial charge in [-0.15, -0.1) is 5.10 Å². The molecule has 5 heteroatoms. The van der Waals surface area contributed by atoms with Crippen molar-refractivity contribution in [2.24, 2.45) is 0 Å². The third-order valence-electron chi connectivity index (χ3n) is 1.81. The maximum absolute atomic E-state index is 4.22. The summed E-state index contributed by atoms with van der Waals surface area (Å²) in [5, 5.41) is 10.5. The number of hydrogen-bond donors (Lipinski definition) is 0. The number of para-hydroxylation sites is 1. The predicted octanol–water partition coefficient (Wildman–Crippen LogP) is 1.94. The van der Waals surface area contributed by atoms with Gasteiger partial charge in [0.05, 0.1) is 11.9 Å². The first-order valence-corrected chi connectivity index (χ1v) is 4.73. The lowest BCUT2D eigenvalue weighted by Gasteiger charge is -1.97. The molecular weight excluding hydrogens is 204 g/mol. The maximum atomic E-state index is 4.22. The maximum Gasteiger partial charge on any atom is 0.144 e. The first kappa shape index (κ1) is 10.1. The Labute approximate surface area is 92.3 Å². The molecule has 0 N–H and O–H groups in total. The third kappa shape index (κ3) is 2.78. The van der Waals surface area contributed by atoms with Gasteiger partial charge in [-0.05, 0) is 18.2 Å². The Morgan fingerprint density at radius 3 is 2.38 bits per heavy atom. The van der Waals surface area contributed by atoms with Crippen LogP contribution in [0.1, 0.15) is 0 Å². The van der Waals surface area contributed by atoms with Crippen molar-refractivity contribution in [3.05, 3.63) is 61.3 Å². The van der Waals surface area contributed by atoms with Crippen LogP contribution >= 0.6 is 0 Å². The van der Waals surface area contributed by atoms with Gasteiger partial charge in [0, 0.05) is 17.7 Å². The van der Waals surface area contributed by atoms with Crippen LogP contribution in [0, 0.1) is 0 Å². The molecule has 0 aliphatic rings. The highest BCUT2D eigenvalue weighted by atomic mass is 16.5. The van der Waals surface area contributed by atoms with Crippen molar-refractivity contribution in [2.45, 2.75) is 0 Å². The van der Waals surface area contributed by atoms with Gasteiger partial charge < -0.3 is 4.52 Å². The number of hydrogen-bond acceptors (Lipinski definition) is 4. The summed E-state index contributed by atoms with van der Waals surface area (Å²) in [5.74, 6) is 0. The Balaban J connectivity index is 0.000000162. The Morgan fingerprint density at radius 1 is 1.00 bits per heavy atom. The van der Waals surface area contributed by atoms with Gasteiger partial charge in [0.2, 0.25) is 0 Å². The van der Waals surface area contributed by atoms with Crippen LogP contribution in [-0.4, -0.2) is 20.2 Å². The largest absolute Gasteiger partial charge is 0.346 e. The second kappa shape index (κ2) is 5.45. The monoisotopic (exact) mass is 214 g/mol. The number of aromatic nitrogens is 4. The second-order valence-corrected chi connectivity index (χ2v) is 2.87. The Kier molecular flexibility index (Phi) is 3.44. The molecule has 16 heavy (non-hydrogen) atoms. The number of rotatable bonds is 1. The molecule has 5 nitrogen and oxygen atoms in total. The van der Waals surface area contributed by atoms with Crippen LogP contribution in [0.4, 0.5) is 0 Å². The van der Waals surface area contributed by atoms with Crippen molar-refractivity contribution in [3.63, 3.8) is 0 Å². The standard InChI is InChI=1S/C9H8N2.C2H2N2O/c1-2-5-9(6-3-1)11-8-4-7-10-11;1-2-5-4-3-1/h1-8H;1-2H. The summed E-state index contributed by atoms with van der Waals surface area (Å²) in [6.45, 7) is 0. The van der Waals surface area contributed by atoms with Gasteiger partial charge in [-0.25, -0.2) is 4.68 Å². The van der Waals surface area contributed by atoms with E-state index in [2.05, 4.69) is 20.0 Å². The van der Waals surface area contributed by atoms with E-state index >= 15 is 0 Å². The zero-order valence-electron chi connectivity index (χ0n) is 8.47. The lowest BCUT2D eigenvalue weighted by atomic mass is 10.3. The lowest BCUT2D eigenvalue weighted by Crippen LogP contribution is -1.91. The van der Waals surface area contributed by atoms with E-state index in [0.29, 0.717) is 0 Å². The van der Waals surface area contributed by atoms with Gasteiger partial charge in [0.25, 0.3) is 0 Å². The van der Waals surface area contributed by atoms with Crippen LogP contribution in [0.3, 0.4) is 0 Å². The molecular formula is C11H10N4O. The minimum absolute atomic E-state index is 1.09. The van der Waals surface area contributed by atoms with E-state index in [1.807, 2.05) is 47.3 Å². The molecule has 0 fully saturated rings. The van der Waals surface area contributed by atoms with E-state index in [1.165, 1.54) is 12.5 Å². The normalized spacial score (nSPS) is 9.25. The second-order valence-electron chi connectivity index (χ2n) is 2.87. The number of nitrogens with zero attached hydrogens (tertiary/aromatic N) is 4. The third-order valence-corrected chi connectivity index (χ3v) is 1.81. The van der Waals surface area contributed by atoms with E-state index in [9.17, 15) is 0 Å². The molecule has 0 atom stereocenters. The van der Waals surface area contributed by atoms with Crippen LogP contribution in [0.5, 0.6) is 0 Å². The van der Waals surface area contributed by atoms with E-state index in [-0.39, 0.29) is 0 Å². The summed E-state index contributed by atoms with van der Waals surface area (Å²) in [6, 6.07) is 11.9. The van der Waals surface area contributed by atoms with Crippen LogP contribution in [-0.2, 0) is 0 Å². The first-order valence-electron chi connectivity index (χ1n) is 4.73. The molecule has 0 saturated carbocycles. The molecule has 0 aliphatic heterocycles. The molecule has 0 aliphatic carbocycles. The van der Waals surface area contributed by atoms with Crippen LogP contribution in [0.2, 0.25) is 0 Å². The van der Waals surface area contributed by atoms with Crippen molar-refractivity contribution < 1.29 is 4.52 Å². The topological polar surface area (TPSA) is 56.7 Å². The number of benzene rings is 1. The van der Waals surface area contributed by atoms with Gasteiger partial charge >= 0.3 is 0 Å². The van der Waals surface area contributed by atoms with Gasteiger partial charge in [0.15, 0.2) is 0 Å². The molecule has 0 bridgehead atoms. The molecule has 0 amide bonds. The van der Waals surface area contributed by atoms with Crippen LogP contribution in [0.25, 0.3) is 5.69 Å². The SMILES string of the molecule is c1ccc(-n2cccn2)cc1.c1conn1. The summed E-state index contributed by atoms with van der Waals surface area (Å²) in [6.07, 6.45) is 6.57. The van der Waals surface area contributed by atoms with E-state index in [1.54, 1.807) is 6.20 Å². The fraction of sp³-hybridized carbons (Fsp3) is 0. The predicted molar refractivity (Wildman–Crippen MR) is 57.9 cm³/mol. The molecule has 0 radical (unpaired) electrons. The highest BCUT2D eigenvalue weighted by Crippen LogP contribution is 2.03. The summed E-state index contributed by atoms with van der Waals surface area (Å²) < 4.78 is 6.06. The molecule has 0 saturated heterocycles. The average Bonchev–Trinajstić information content (AvgIpc) is 3.07. The van der Waals surface area contributed by atoms with E-state index in [4.69, 9.17) is 0 Å². The molecule has 3 aromatic rings. The zero-order valence-corrected chi connectivity index (χ0v) is 8.47. The first-order chi connectivity index (χ1) is 7.97. The smallest absolute Gasteiger partial charge is 0.144 e. The van der Waals surface area contributed by atoms with Crippen molar-refractivity contribution in [1.29, 1.82) is 0 Å². The van der Waals surface area contributed by atoms with Crippen LogP contribution < -0.4 is 0 Å². The molecule has 2 heterocycles.